The molecule has 6 heteroatoms. The third-order valence-corrected chi connectivity index (χ3v) is 5.35. The summed E-state index contributed by atoms with van der Waals surface area (Å²) in [6.45, 7) is 1.92. The van der Waals surface area contributed by atoms with Gasteiger partial charge in [-0.2, -0.15) is 0 Å². The number of likely N-dealkylation sites (tertiary alicyclic amines) is 1. The van der Waals surface area contributed by atoms with Gasteiger partial charge in [-0.05, 0) is 43.5 Å². The largest absolute Gasteiger partial charge is 0.494 e. The van der Waals surface area contributed by atoms with E-state index in [2.05, 4.69) is 4.98 Å². The number of ether oxygens (including phenoxy) is 1. The van der Waals surface area contributed by atoms with Crippen LogP contribution in [0.1, 0.15) is 31.7 Å². The number of aromatic amines is 1. The fraction of sp³-hybridized carbons (Fsp3) is 0.364. The summed E-state index contributed by atoms with van der Waals surface area (Å²) >= 11 is 0. The monoisotopic (exact) mass is 379 g/mol. The fourth-order valence-corrected chi connectivity index (χ4v) is 3.90. The minimum absolute atomic E-state index is 0.0657. The van der Waals surface area contributed by atoms with Gasteiger partial charge in [-0.1, -0.05) is 30.3 Å². The predicted molar refractivity (Wildman–Crippen MR) is 109 cm³/mol. The lowest BCUT2D eigenvalue weighted by Gasteiger charge is -2.32. The van der Waals surface area contributed by atoms with Gasteiger partial charge < -0.3 is 14.6 Å². The predicted octanol–water partition coefficient (Wildman–Crippen LogP) is 3.35. The van der Waals surface area contributed by atoms with Crippen LogP contribution in [0.3, 0.4) is 0 Å². The maximum Gasteiger partial charge on any atom is 0.326 e. The molecule has 0 radical (unpaired) electrons. The van der Waals surface area contributed by atoms with E-state index in [9.17, 15) is 9.59 Å². The molecule has 0 bridgehead atoms. The van der Waals surface area contributed by atoms with Crippen molar-refractivity contribution in [2.75, 3.05) is 19.7 Å². The van der Waals surface area contributed by atoms with Crippen LogP contribution in [0.5, 0.6) is 5.75 Å². The summed E-state index contributed by atoms with van der Waals surface area (Å²) in [6, 6.07) is 17.5. The number of carbonyl (C=O) groups excluding carboxylic acids is 1. The number of imidazole rings is 1. The second kappa shape index (κ2) is 8.33. The molecule has 1 amide bonds. The van der Waals surface area contributed by atoms with Crippen LogP contribution in [-0.2, 0) is 4.79 Å². The van der Waals surface area contributed by atoms with Gasteiger partial charge >= 0.3 is 5.69 Å². The van der Waals surface area contributed by atoms with E-state index >= 15 is 0 Å². The van der Waals surface area contributed by atoms with Crippen molar-refractivity contribution >= 4 is 16.9 Å². The first-order chi connectivity index (χ1) is 13.7. The quantitative estimate of drug-likeness (QED) is 0.668. The van der Waals surface area contributed by atoms with Crippen molar-refractivity contribution in [1.29, 1.82) is 0 Å². The number of benzene rings is 2. The van der Waals surface area contributed by atoms with Gasteiger partial charge in [-0.15, -0.1) is 0 Å². The molecule has 4 rings (SSSR count). The molecule has 1 fully saturated rings. The first-order valence-corrected chi connectivity index (χ1v) is 9.87. The Morgan fingerprint density at radius 2 is 1.75 bits per heavy atom. The van der Waals surface area contributed by atoms with Crippen LogP contribution >= 0.6 is 0 Å². The van der Waals surface area contributed by atoms with Gasteiger partial charge in [0.2, 0.25) is 5.91 Å². The average Bonchev–Trinajstić information content (AvgIpc) is 3.07. The Bertz CT molecular complexity index is 985. The second-order valence-corrected chi connectivity index (χ2v) is 7.19. The van der Waals surface area contributed by atoms with E-state index in [0.717, 1.165) is 29.6 Å². The lowest BCUT2D eigenvalue weighted by molar-refractivity contribution is -0.132. The maximum absolute atomic E-state index is 12.5. The van der Waals surface area contributed by atoms with E-state index in [1.165, 1.54) is 0 Å². The van der Waals surface area contributed by atoms with Gasteiger partial charge in [0.1, 0.15) is 5.75 Å². The van der Waals surface area contributed by atoms with Gasteiger partial charge in [-0.25, -0.2) is 4.79 Å². The van der Waals surface area contributed by atoms with Crippen molar-refractivity contribution < 1.29 is 9.53 Å². The zero-order chi connectivity index (χ0) is 19.3. The minimum atomic E-state index is -0.0657. The van der Waals surface area contributed by atoms with E-state index in [-0.39, 0.29) is 17.6 Å². The number of para-hydroxylation sites is 3. The molecule has 146 valence electrons. The topological polar surface area (TPSA) is 67.3 Å². The Labute approximate surface area is 163 Å². The van der Waals surface area contributed by atoms with E-state index in [4.69, 9.17) is 4.74 Å². The highest BCUT2D eigenvalue weighted by molar-refractivity contribution is 5.76. The number of nitrogens with one attached hydrogen (secondary N) is 1. The Morgan fingerprint density at radius 3 is 2.54 bits per heavy atom. The zero-order valence-electron chi connectivity index (χ0n) is 15.8. The molecule has 1 N–H and O–H groups in total. The number of carbonyl (C=O) groups is 1. The number of H-pyrrole nitrogens is 1. The third kappa shape index (κ3) is 3.96. The molecule has 1 aliphatic rings. The molecule has 3 aromatic rings. The number of nitrogens with zero attached hydrogens (tertiary/aromatic N) is 2. The SMILES string of the molecule is O=C(CCCOc1ccccc1)N1CCC(n2c(=O)[nH]c3ccccc32)CC1. The zero-order valence-corrected chi connectivity index (χ0v) is 15.8. The number of hydrogen-bond donors (Lipinski definition) is 1. The Hall–Kier alpha value is -3.02. The van der Waals surface area contributed by atoms with Crippen LogP contribution in [0, 0.1) is 0 Å². The maximum atomic E-state index is 12.5. The number of fused-ring (bicyclic) bond motifs is 1. The molecule has 1 aliphatic heterocycles. The van der Waals surface area contributed by atoms with Crippen molar-refractivity contribution in [3.63, 3.8) is 0 Å². The van der Waals surface area contributed by atoms with E-state index in [1.54, 1.807) is 0 Å². The molecule has 1 saturated heterocycles. The summed E-state index contributed by atoms with van der Waals surface area (Å²) in [5.74, 6) is 1.00. The molecule has 0 saturated carbocycles. The normalized spacial score (nSPS) is 15.1. The molecule has 0 spiro atoms. The van der Waals surface area contributed by atoms with Crippen molar-refractivity contribution in [3.05, 3.63) is 65.1 Å². The summed E-state index contributed by atoms with van der Waals surface area (Å²) in [4.78, 5) is 29.7. The number of hydrogen-bond acceptors (Lipinski definition) is 3. The van der Waals surface area contributed by atoms with E-state index < -0.39 is 0 Å². The standard InChI is InChI=1S/C22H25N3O3/c26-21(11-6-16-28-18-7-2-1-3-8-18)24-14-12-17(13-15-24)25-20-10-5-4-9-19(20)23-22(25)27/h1-5,7-10,17H,6,11-16H2,(H,23,27). The van der Waals surface area contributed by atoms with E-state index in [0.29, 0.717) is 32.5 Å². The van der Waals surface area contributed by atoms with Gasteiger partial charge in [0, 0.05) is 25.6 Å². The third-order valence-electron chi connectivity index (χ3n) is 5.35. The lowest BCUT2D eigenvalue weighted by Crippen LogP contribution is -2.40. The molecule has 6 nitrogen and oxygen atoms in total. The first-order valence-electron chi connectivity index (χ1n) is 9.87. The van der Waals surface area contributed by atoms with Gasteiger partial charge in [0.15, 0.2) is 0 Å². The van der Waals surface area contributed by atoms with Crippen LogP contribution in [0.4, 0.5) is 0 Å². The van der Waals surface area contributed by atoms with Crippen LogP contribution in [-0.4, -0.2) is 40.1 Å². The molecule has 0 aliphatic carbocycles. The Morgan fingerprint density at radius 1 is 1.04 bits per heavy atom. The summed E-state index contributed by atoms with van der Waals surface area (Å²) in [5.41, 5.74) is 1.74. The molecule has 2 aromatic carbocycles. The number of piperidine rings is 1. The summed E-state index contributed by atoms with van der Waals surface area (Å²) in [5, 5.41) is 0. The fourth-order valence-electron chi connectivity index (χ4n) is 3.90. The molecule has 2 heterocycles. The molecular formula is C22H25N3O3. The second-order valence-electron chi connectivity index (χ2n) is 7.19. The van der Waals surface area contributed by atoms with Crippen LogP contribution in [0.15, 0.2) is 59.4 Å². The summed E-state index contributed by atoms with van der Waals surface area (Å²) < 4.78 is 7.50. The van der Waals surface area contributed by atoms with Gasteiger partial charge in [0.25, 0.3) is 0 Å². The molecule has 0 atom stereocenters. The Kier molecular flexibility index (Phi) is 5.46. The lowest BCUT2D eigenvalue weighted by atomic mass is 10.0. The highest BCUT2D eigenvalue weighted by Crippen LogP contribution is 2.25. The van der Waals surface area contributed by atoms with Crippen molar-refractivity contribution in [3.8, 4) is 5.75 Å². The van der Waals surface area contributed by atoms with Crippen molar-refractivity contribution in [1.82, 2.24) is 14.5 Å². The van der Waals surface area contributed by atoms with Crippen LogP contribution in [0.25, 0.3) is 11.0 Å². The highest BCUT2D eigenvalue weighted by Gasteiger charge is 2.25. The van der Waals surface area contributed by atoms with Gasteiger partial charge in [-0.3, -0.25) is 9.36 Å². The summed E-state index contributed by atoms with van der Waals surface area (Å²) in [7, 11) is 0. The van der Waals surface area contributed by atoms with Crippen LogP contribution < -0.4 is 10.4 Å². The minimum Gasteiger partial charge on any atom is -0.494 e. The van der Waals surface area contributed by atoms with E-state index in [1.807, 2.05) is 64.1 Å². The average molecular weight is 379 g/mol. The molecule has 0 unspecified atom stereocenters. The number of amides is 1. The van der Waals surface area contributed by atoms with Crippen LogP contribution in [0.2, 0.25) is 0 Å². The number of aromatic nitrogens is 2. The first kappa shape index (κ1) is 18.3. The number of rotatable bonds is 6. The van der Waals surface area contributed by atoms with Crippen molar-refractivity contribution in [2.45, 2.75) is 31.7 Å². The van der Waals surface area contributed by atoms with Gasteiger partial charge in [0.05, 0.1) is 17.6 Å². The molecule has 1 aromatic heterocycles. The summed E-state index contributed by atoms with van der Waals surface area (Å²) in [6.07, 6.45) is 2.79. The highest BCUT2D eigenvalue weighted by atomic mass is 16.5. The molecular weight excluding hydrogens is 354 g/mol. The van der Waals surface area contributed by atoms with Crippen molar-refractivity contribution in [2.24, 2.45) is 0 Å². The molecule has 28 heavy (non-hydrogen) atoms. The Balaban J connectivity index is 1.27. The smallest absolute Gasteiger partial charge is 0.326 e.